The Labute approximate surface area is 181 Å². The number of aromatic nitrogens is 2. The Kier molecular flexibility index (Phi) is 5.62. The van der Waals surface area contributed by atoms with E-state index >= 15 is 0 Å². The van der Waals surface area contributed by atoms with Crippen LogP contribution in [0.25, 0.3) is 0 Å². The quantitative estimate of drug-likeness (QED) is 0.521. The molecule has 5 nitrogen and oxygen atoms in total. The van der Waals surface area contributed by atoms with Crippen LogP contribution in [0.5, 0.6) is 0 Å². The van der Waals surface area contributed by atoms with Crippen molar-refractivity contribution in [3.05, 3.63) is 62.6 Å². The van der Waals surface area contributed by atoms with Gasteiger partial charge in [-0.25, -0.2) is 4.98 Å². The number of hydrogen-bond donors (Lipinski definition) is 2. The average Bonchev–Trinajstić information content (AvgIpc) is 2.70. The molecule has 0 radical (unpaired) electrons. The Hall–Kier alpha value is -2.34. The van der Waals surface area contributed by atoms with Crippen molar-refractivity contribution < 1.29 is 4.79 Å². The SMILES string of the molecule is CCCSc1nc2c(c(=O)[nH]1)C(c1ccc(CC)cc1)C1=C(CC(C)(C)CC1=O)N2. The molecule has 2 N–H and O–H groups in total. The van der Waals surface area contributed by atoms with Crippen molar-refractivity contribution in [2.45, 2.75) is 64.5 Å². The number of nitrogens with zero attached hydrogens (tertiary/aromatic N) is 1. The van der Waals surface area contributed by atoms with Crippen molar-refractivity contribution in [2.75, 3.05) is 11.1 Å². The third kappa shape index (κ3) is 3.85. The van der Waals surface area contributed by atoms with Crippen LogP contribution in [0.4, 0.5) is 5.82 Å². The molecule has 1 aliphatic carbocycles. The van der Waals surface area contributed by atoms with Crippen molar-refractivity contribution >= 4 is 23.4 Å². The van der Waals surface area contributed by atoms with Crippen LogP contribution in [0.1, 0.15) is 69.6 Å². The van der Waals surface area contributed by atoms with Gasteiger partial charge >= 0.3 is 0 Å². The lowest BCUT2D eigenvalue weighted by atomic mass is 9.69. The average molecular weight is 424 g/mol. The number of anilines is 1. The summed E-state index contributed by atoms with van der Waals surface area (Å²) in [5, 5.41) is 4.00. The number of benzene rings is 1. The second kappa shape index (κ2) is 8.06. The fourth-order valence-corrected chi connectivity index (χ4v) is 5.16. The van der Waals surface area contributed by atoms with E-state index in [1.807, 2.05) is 0 Å². The Morgan fingerprint density at radius 2 is 1.87 bits per heavy atom. The lowest BCUT2D eigenvalue weighted by Gasteiger charge is -2.38. The number of rotatable bonds is 5. The predicted octanol–water partition coefficient (Wildman–Crippen LogP) is 5.04. The van der Waals surface area contributed by atoms with Gasteiger partial charge < -0.3 is 10.3 Å². The first kappa shape index (κ1) is 20.9. The van der Waals surface area contributed by atoms with Crippen molar-refractivity contribution in [1.29, 1.82) is 0 Å². The number of carbonyl (C=O) groups excluding carboxylic acids is 1. The van der Waals surface area contributed by atoms with Gasteiger partial charge in [0.2, 0.25) is 0 Å². The van der Waals surface area contributed by atoms with Gasteiger partial charge in [0.25, 0.3) is 5.56 Å². The number of fused-ring (bicyclic) bond motifs is 1. The number of aromatic amines is 1. The number of hydrogen-bond acceptors (Lipinski definition) is 5. The fourth-order valence-electron chi connectivity index (χ4n) is 4.44. The molecule has 2 heterocycles. The number of aryl methyl sites for hydroxylation is 1. The second-order valence-corrected chi connectivity index (χ2v) is 10.1. The summed E-state index contributed by atoms with van der Waals surface area (Å²) in [4.78, 5) is 34.1. The summed E-state index contributed by atoms with van der Waals surface area (Å²) in [5.41, 5.74) is 4.11. The van der Waals surface area contributed by atoms with Crippen molar-refractivity contribution in [2.24, 2.45) is 5.41 Å². The number of allylic oxidation sites excluding steroid dienone is 2. The molecular weight excluding hydrogens is 394 g/mol. The molecule has 1 aromatic carbocycles. The van der Waals surface area contributed by atoms with E-state index in [1.165, 1.54) is 5.56 Å². The Morgan fingerprint density at radius 1 is 1.13 bits per heavy atom. The molecule has 6 heteroatoms. The molecule has 0 fully saturated rings. The van der Waals surface area contributed by atoms with Gasteiger partial charge in [0, 0.05) is 29.4 Å². The molecule has 30 heavy (non-hydrogen) atoms. The van der Waals surface area contributed by atoms with Gasteiger partial charge in [-0.3, -0.25) is 9.59 Å². The van der Waals surface area contributed by atoms with E-state index in [2.05, 4.69) is 62.3 Å². The predicted molar refractivity (Wildman–Crippen MR) is 122 cm³/mol. The van der Waals surface area contributed by atoms with Crippen LogP contribution >= 0.6 is 11.8 Å². The van der Waals surface area contributed by atoms with Crippen LogP contribution in [-0.2, 0) is 11.2 Å². The largest absolute Gasteiger partial charge is 0.343 e. The number of nitrogens with one attached hydrogen (secondary N) is 2. The number of ketones is 1. The van der Waals surface area contributed by atoms with Gasteiger partial charge in [-0.1, -0.05) is 63.7 Å². The number of thioether (sulfide) groups is 1. The monoisotopic (exact) mass is 423 g/mol. The van der Waals surface area contributed by atoms with Crippen molar-refractivity contribution in [3.8, 4) is 0 Å². The number of H-pyrrole nitrogens is 1. The molecule has 0 saturated carbocycles. The molecule has 1 atom stereocenters. The van der Waals surface area contributed by atoms with E-state index in [0.717, 1.165) is 41.8 Å². The molecule has 0 saturated heterocycles. The molecule has 2 aromatic rings. The summed E-state index contributed by atoms with van der Waals surface area (Å²) >= 11 is 1.55. The number of carbonyl (C=O) groups is 1. The van der Waals surface area contributed by atoms with Crippen LogP contribution < -0.4 is 10.9 Å². The summed E-state index contributed by atoms with van der Waals surface area (Å²) < 4.78 is 0. The first-order chi connectivity index (χ1) is 14.3. The highest BCUT2D eigenvalue weighted by molar-refractivity contribution is 7.99. The minimum atomic E-state index is -0.382. The first-order valence-corrected chi connectivity index (χ1v) is 11.7. The number of Topliss-reactive ketones (excluding diaryl/α,β-unsaturated/α-hetero) is 1. The maximum atomic E-state index is 13.2. The van der Waals surface area contributed by atoms with Crippen LogP contribution in [0.3, 0.4) is 0 Å². The zero-order chi connectivity index (χ0) is 21.5. The van der Waals surface area contributed by atoms with E-state index in [9.17, 15) is 9.59 Å². The fraction of sp³-hybridized carbons (Fsp3) is 0.458. The topological polar surface area (TPSA) is 74.8 Å². The highest BCUT2D eigenvalue weighted by Gasteiger charge is 2.42. The van der Waals surface area contributed by atoms with Gasteiger partial charge in [-0.05, 0) is 35.8 Å². The van der Waals surface area contributed by atoms with Crippen molar-refractivity contribution in [3.63, 3.8) is 0 Å². The Morgan fingerprint density at radius 3 is 2.53 bits per heavy atom. The van der Waals surface area contributed by atoms with Gasteiger partial charge in [0.1, 0.15) is 5.82 Å². The molecule has 2 aliphatic rings. The maximum absolute atomic E-state index is 13.2. The third-order valence-electron chi connectivity index (χ3n) is 5.86. The molecule has 0 bridgehead atoms. The van der Waals surface area contributed by atoms with Crippen LogP contribution in [0, 0.1) is 5.41 Å². The standard InChI is InChI=1S/C24H29N3O2S/c1-5-11-30-23-26-21-20(22(29)27-23)18(15-9-7-14(6-2)8-10-15)19-16(25-21)12-24(3,4)13-17(19)28/h7-10,18H,5-6,11-13H2,1-4H3,(H2,25,26,27,29). The smallest absolute Gasteiger partial charge is 0.257 e. The molecule has 0 spiro atoms. The molecule has 1 aromatic heterocycles. The normalized spacial score (nSPS) is 19.9. The molecule has 1 aliphatic heterocycles. The molecule has 0 amide bonds. The Bertz CT molecular complexity index is 1070. The summed E-state index contributed by atoms with van der Waals surface area (Å²) in [6.45, 7) is 8.45. The van der Waals surface area contributed by atoms with E-state index in [1.54, 1.807) is 11.8 Å². The summed E-state index contributed by atoms with van der Waals surface area (Å²) in [6, 6.07) is 8.27. The van der Waals surface area contributed by atoms with E-state index in [4.69, 9.17) is 4.98 Å². The van der Waals surface area contributed by atoms with Crippen LogP contribution in [-0.4, -0.2) is 21.5 Å². The third-order valence-corrected chi connectivity index (χ3v) is 6.94. The van der Waals surface area contributed by atoms with Crippen molar-refractivity contribution in [1.82, 2.24) is 9.97 Å². The maximum Gasteiger partial charge on any atom is 0.257 e. The highest BCUT2D eigenvalue weighted by Crippen LogP contribution is 2.47. The summed E-state index contributed by atoms with van der Waals surface area (Å²) in [6.07, 6.45) is 3.21. The summed E-state index contributed by atoms with van der Waals surface area (Å²) in [7, 11) is 0. The van der Waals surface area contributed by atoms with Gasteiger partial charge in [-0.15, -0.1) is 0 Å². The highest BCUT2D eigenvalue weighted by atomic mass is 32.2. The van der Waals surface area contributed by atoms with E-state index < -0.39 is 0 Å². The van der Waals surface area contributed by atoms with Gasteiger partial charge in [0.05, 0.1) is 5.56 Å². The van der Waals surface area contributed by atoms with E-state index in [-0.39, 0.29) is 22.7 Å². The van der Waals surface area contributed by atoms with Crippen LogP contribution in [0.2, 0.25) is 0 Å². The summed E-state index contributed by atoms with van der Waals surface area (Å²) in [5.74, 6) is 1.22. The lowest BCUT2D eigenvalue weighted by molar-refractivity contribution is -0.118. The van der Waals surface area contributed by atoms with Gasteiger partial charge in [0.15, 0.2) is 10.9 Å². The minimum absolute atomic E-state index is 0.113. The first-order valence-electron chi connectivity index (χ1n) is 10.7. The zero-order valence-electron chi connectivity index (χ0n) is 18.1. The molecule has 1 unspecified atom stereocenters. The van der Waals surface area contributed by atoms with Crippen LogP contribution in [0.15, 0.2) is 45.5 Å². The minimum Gasteiger partial charge on any atom is -0.343 e. The molecule has 158 valence electrons. The zero-order valence-corrected chi connectivity index (χ0v) is 18.9. The second-order valence-electron chi connectivity index (χ2n) is 8.97. The molecule has 4 rings (SSSR count). The van der Waals surface area contributed by atoms with Gasteiger partial charge in [-0.2, -0.15) is 0 Å². The lowest BCUT2D eigenvalue weighted by Crippen LogP contribution is -2.37. The Balaban J connectivity index is 1.89. The van der Waals surface area contributed by atoms with E-state index in [0.29, 0.717) is 23.0 Å². The molecular formula is C24H29N3O2S.